The van der Waals surface area contributed by atoms with Crippen molar-refractivity contribution in [2.75, 3.05) is 0 Å². The molecule has 3 heterocycles. The zero-order valence-corrected chi connectivity index (χ0v) is 14.0. The van der Waals surface area contributed by atoms with Gasteiger partial charge in [0.15, 0.2) is 5.65 Å². The molecule has 4 nitrogen and oxygen atoms in total. The molecule has 3 aromatic heterocycles. The third kappa shape index (κ3) is 2.91. The Morgan fingerprint density at radius 3 is 2.81 bits per heavy atom. The van der Waals surface area contributed by atoms with Crippen molar-refractivity contribution in [2.45, 2.75) is 31.7 Å². The summed E-state index contributed by atoms with van der Waals surface area (Å²) >= 11 is 13.9. The van der Waals surface area contributed by atoms with Gasteiger partial charge >= 0.3 is 0 Å². The lowest BCUT2D eigenvalue weighted by Crippen LogP contribution is -2.10. The predicted molar refractivity (Wildman–Crippen MR) is 87.3 cm³/mol. The molecule has 0 aromatic carbocycles. The number of alkyl halides is 1. The first kappa shape index (κ1) is 14.8. The average molecular weight is 341 g/mol. The van der Waals surface area contributed by atoms with Gasteiger partial charge < -0.3 is 4.57 Å². The molecule has 21 heavy (non-hydrogen) atoms. The largest absolute Gasteiger partial charge is 0.311 e. The minimum absolute atomic E-state index is 0.193. The Labute approximate surface area is 136 Å². The first-order valence-corrected chi connectivity index (χ1v) is 8.31. The minimum Gasteiger partial charge on any atom is -0.311 e. The topological polar surface area (TPSA) is 43.6 Å². The summed E-state index contributed by atoms with van der Waals surface area (Å²) in [5.74, 6) is 1.08. The molecule has 110 valence electrons. The zero-order valence-electron chi connectivity index (χ0n) is 11.6. The number of thiazole rings is 1. The summed E-state index contributed by atoms with van der Waals surface area (Å²) in [7, 11) is 0. The summed E-state index contributed by atoms with van der Waals surface area (Å²) in [5, 5.41) is 3.47. The van der Waals surface area contributed by atoms with Gasteiger partial charge in [-0.25, -0.2) is 15.0 Å². The van der Waals surface area contributed by atoms with Crippen LogP contribution in [0.15, 0.2) is 23.8 Å². The standard InChI is InChI=1S/C14H14Cl2N4S/c1-8(14-17-3-4-21-14)7-20-12(9(2)15)19-11-5-10(16)6-18-13(11)20/h3-6,8-9H,7H2,1-2H3. The number of hydrogen-bond donors (Lipinski definition) is 0. The Bertz CT molecular complexity index is 752. The van der Waals surface area contributed by atoms with E-state index in [0.717, 1.165) is 28.5 Å². The molecule has 0 aliphatic carbocycles. The molecule has 2 unspecified atom stereocenters. The fourth-order valence-corrected chi connectivity index (χ4v) is 3.33. The molecule has 0 aliphatic heterocycles. The zero-order chi connectivity index (χ0) is 15.0. The van der Waals surface area contributed by atoms with E-state index in [9.17, 15) is 0 Å². The van der Waals surface area contributed by atoms with Crippen LogP contribution in [0.3, 0.4) is 0 Å². The van der Waals surface area contributed by atoms with Crippen molar-refractivity contribution in [3.05, 3.63) is 39.7 Å². The second-order valence-corrected chi connectivity index (χ2v) is 6.98. The monoisotopic (exact) mass is 340 g/mol. The van der Waals surface area contributed by atoms with Gasteiger partial charge in [-0.1, -0.05) is 18.5 Å². The number of pyridine rings is 1. The number of imidazole rings is 1. The van der Waals surface area contributed by atoms with Crippen LogP contribution < -0.4 is 0 Å². The van der Waals surface area contributed by atoms with E-state index in [4.69, 9.17) is 23.2 Å². The number of halogens is 2. The maximum Gasteiger partial charge on any atom is 0.160 e. The Kier molecular flexibility index (Phi) is 4.15. The highest BCUT2D eigenvalue weighted by Gasteiger charge is 2.19. The van der Waals surface area contributed by atoms with Gasteiger partial charge in [0.1, 0.15) is 11.3 Å². The second kappa shape index (κ2) is 5.91. The van der Waals surface area contributed by atoms with E-state index in [2.05, 4.69) is 26.4 Å². The van der Waals surface area contributed by atoms with Crippen LogP contribution in [0.25, 0.3) is 11.2 Å². The van der Waals surface area contributed by atoms with E-state index in [-0.39, 0.29) is 11.3 Å². The smallest absolute Gasteiger partial charge is 0.160 e. The van der Waals surface area contributed by atoms with E-state index in [0.29, 0.717) is 5.02 Å². The molecule has 3 rings (SSSR count). The van der Waals surface area contributed by atoms with Crippen LogP contribution in [0, 0.1) is 0 Å². The number of aromatic nitrogens is 4. The summed E-state index contributed by atoms with van der Waals surface area (Å²) in [6.45, 7) is 4.79. The van der Waals surface area contributed by atoms with Gasteiger partial charge in [-0.05, 0) is 13.0 Å². The van der Waals surface area contributed by atoms with Crippen molar-refractivity contribution in [2.24, 2.45) is 0 Å². The highest BCUT2D eigenvalue weighted by Crippen LogP contribution is 2.28. The SMILES string of the molecule is CC(Cl)c1nc2cc(Cl)cnc2n1CC(C)c1nccs1. The van der Waals surface area contributed by atoms with Crippen molar-refractivity contribution in [1.29, 1.82) is 0 Å². The van der Waals surface area contributed by atoms with E-state index >= 15 is 0 Å². The van der Waals surface area contributed by atoms with E-state index in [1.807, 2.05) is 24.6 Å². The molecular formula is C14H14Cl2N4S. The van der Waals surface area contributed by atoms with Gasteiger partial charge in [-0.15, -0.1) is 22.9 Å². The molecular weight excluding hydrogens is 327 g/mol. The molecule has 0 radical (unpaired) electrons. The maximum absolute atomic E-state index is 6.27. The normalized spacial score (nSPS) is 14.5. The quantitative estimate of drug-likeness (QED) is 0.649. The van der Waals surface area contributed by atoms with Gasteiger partial charge in [0.05, 0.1) is 15.4 Å². The van der Waals surface area contributed by atoms with Gasteiger partial charge in [0, 0.05) is 30.2 Å². The molecule has 0 spiro atoms. The molecule has 0 saturated heterocycles. The lowest BCUT2D eigenvalue weighted by atomic mass is 10.2. The third-order valence-electron chi connectivity index (χ3n) is 3.27. The third-order valence-corrected chi connectivity index (χ3v) is 4.68. The highest BCUT2D eigenvalue weighted by molar-refractivity contribution is 7.09. The summed E-state index contributed by atoms with van der Waals surface area (Å²) in [6.07, 6.45) is 3.46. The molecule has 7 heteroatoms. The summed E-state index contributed by atoms with van der Waals surface area (Å²) in [4.78, 5) is 13.4. The summed E-state index contributed by atoms with van der Waals surface area (Å²) in [6, 6.07) is 1.82. The van der Waals surface area contributed by atoms with Gasteiger partial charge in [-0.3, -0.25) is 0 Å². The molecule has 0 N–H and O–H groups in total. The highest BCUT2D eigenvalue weighted by atomic mass is 35.5. The fraction of sp³-hybridized carbons (Fsp3) is 0.357. The van der Waals surface area contributed by atoms with Crippen molar-refractivity contribution >= 4 is 45.7 Å². The molecule has 0 bridgehead atoms. The van der Waals surface area contributed by atoms with Crippen LogP contribution in [0.2, 0.25) is 5.02 Å². The molecule has 0 saturated carbocycles. The first-order chi connectivity index (χ1) is 10.1. The van der Waals surface area contributed by atoms with E-state index in [1.165, 1.54) is 0 Å². The van der Waals surface area contributed by atoms with Crippen LogP contribution in [0.4, 0.5) is 0 Å². The van der Waals surface area contributed by atoms with E-state index < -0.39 is 0 Å². The van der Waals surface area contributed by atoms with Crippen LogP contribution in [0.5, 0.6) is 0 Å². The molecule has 0 fully saturated rings. The lowest BCUT2D eigenvalue weighted by molar-refractivity contribution is 0.580. The number of fused-ring (bicyclic) bond motifs is 1. The number of rotatable bonds is 4. The number of hydrogen-bond acceptors (Lipinski definition) is 4. The lowest BCUT2D eigenvalue weighted by Gasteiger charge is -2.14. The van der Waals surface area contributed by atoms with Crippen LogP contribution in [-0.4, -0.2) is 19.5 Å². The van der Waals surface area contributed by atoms with Gasteiger partial charge in [0.25, 0.3) is 0 Å². The van der Waals surface area contributed by atoms with Crippen LogP contribution in [-0.2, 0) is 6.54 Å². The van der Waals surface area contributed by atoms with Crippen LogP contribution >= 0.6 is 34.5 Å². The Hall–Kier alpha value is -1.17. The van der Waals surface area contributed by atoms with Crippen molar-refractivity contribution in [1.82, 2.24) is 19.5 Å². The maximum atomic E-state index is 6.27. The summed E-state index contributed by atoms with van der Waals surface area (Å²) < 4.78 is 2.06. The van der Waals surface area contributed by atoms with Gasteiger partial charge in [0.2, 0.25) is 0 Å². The van der Waals surface area contributed by atoms with Crippen molar-refractivity contribution in [3.8, 4) is 0 Å². The van der Waals surface area contributed by atoms with E-state index in [1.54, 1.807) is 17.5 Å². The van der Waals surface area contributed by atoms with Crippen molar-refractivity contribution in [3.63, 3.8) is 0 Å². The Balaban J connectivity index is 2.05. The predicted octanol–water partition coefficient (Wildman–Crippen LogP) is 4.64. The molecule has 0 aliphatic rings. The fourth-order valence-electron chi connectivity index (χ4n) is 2.32. The van der Waals surface area contributed by atoms with Crippen molar-refractivity contribution < 1.29 is 0 Å². The Morgan fingerprint density at radius 1 is 1.33 bits per heavy atom. The number of nitrogens with zero attached hydrogens (tertiary/aromatic N) is 4. The Morgan fingerprint density at radius 2 is 2.14 bits per heavy atom. The second-order valence-electron chi connectivity index (χ2n) is 4.96. The average Bonchev–Trinajstić information content (AvgIpc) is 3.06. The molecule has 2 atom stereocenters. The molecule has 0 amide bonds. The molecule has 3 aromatic rings. The minimum atomic E-state index is -0.193. The summed E-state index contributed by atoms with van der Waals surface area (Å²) in [5.41, 5.74) is 1.58. The first-order valence-electron chi connectivity index (χ1n) is 6.61. The van der Waals surface area contributed by atoms with Crippen LogP contribution in [0.1, 0.15) is 36.0 Å². The van der Waals surface area contributed by atoms with Gasteiger partial charge in [-0.2, -0.15) is 0 Å².